The normalized spacial score (nSPS) is 20.2. The summed E-state index contributed by atoms with van der Waals surface area (Å²) < 4.78 is 17.5. The molecular formula is C61H103NO10. The standard InChI is InChI=1S/C61H103NO10/c1-4-7-10-13-16-19-22-25-27-29-30-33-36-39-42-45-48-54(65)60(69)62-52(53(64)47-44-41-38-35-32-24-21-18-15-12-9-6-3)51-70-61-59(58(68)57(67)55(50-63)71-61)72-56(66)49-46-43-40-37-34-31-28-26-23-20-17-14-11-8-5-2/h7,10,13,16,19-20,22-23,25,27,29-30,33,36,44,47,52-55,57-59,61,63-65,67-68H,4-6,8-9,11-12,14-15,17-18,21,24,26,28,31-32,34-35,37-43,45-46,48-51H2,1-3H3,(H,62,69)/b10-7-,16-13+,22-19+,23-20-,27-25-,30-29+,36-33+,47-44+. The number of carbonyl (C=O) groups excluding carboxylic acids is 2. The van der Waals surface area contributed by atoms with Crippen molar-refractivity contribution in [1.29, 1.82) is 0 Å². The van der Waals surface area contributed by atoms with Crippen LogP contribution >= 0.6 is 0 Å². The molecule has 72 heavy (non-hydrogen) atoms. The summed E-state index contributed by atoms with van der Waals surface area (Å²) in [6.07, 6.45) is 53.0. The lowest BCUT2D eigenvalue weighted by Crippen LogP contribution is -2.61. The molecule has 0 aromatic rings. The van der Waals surface area contributed by atoms with Gasteiger partial charge in [-0.05, 0) is 70.6 Å². The van der Waals surface area contributed by atoms with Crippen LogP contribution in [0, 0.1) is 0 Å². The first kappa shape index (κ1) is 66.6. The number of carbonyl (C=O) groups is 2. The van der Waals surface area contributed by atoms with Crippen LogP contribution in [0.2, 0.25) is 0 Å². The average Bonchev–Trinajstić information content (AvgIpc) is 3.38. The number of ether oxygens (including phenoxy) is 3. The number of aliphatic hydroxyl groups excluding tert-OH is 5. The third kappa shape index (κ3) is 36.5. The van der Waals surface area contributed by atoms with Gasteiger partial charge in [-0.1, -0.05) is 234 Å². The number of unbranched alkanes of at least 4 members (excludes halogenated alkanes) is 23. The molecule has 0 radical (unpaired) electrons. The highest BCUT2D eigenvalue weighted by molar-refractivity contribution is 5.80. The van der Waals surface area contributed by atoms with Crippen LogP contribution in [-0.2, 0) is 23.8 Å². The predicted molar refractivity (Wildman–Crippen MR) is 296 cm³/mol. The molecule has 11 heteroatoms. The van der Waals surface area contributed by atoms with Crippen molar-refractivity contribution < 1.29 is 49.3 Å². The summed E-state index contributed by atoms with van der Waals surface area (Å²) in [4.78, 5) is 26.4. The Labute approximate surface area is 437 Å². The number of hydrogen-bond acceptors (Lipinski definition) is 10. The van der Waals surface area contributed by atoms with Crippen LogP contribution in [0.1, 0.15) is 213 Å². The molecular weight excluding hydrogens is 907 g/mol. The number of nitrogens with one attached hydrogen (secondary N) is 1. The lowest BCUT2D eigenvalue weighted by molar-refractivity contribution is -0.305. The number of amides is 1. The second-order valence-corrected chi connectivity index (χ2v) is 19.4. The fourth-order valence-corrected chi connectivity index (χ4v) is 8.32. The van der Waals surface area contributed by atoms with Crippen molar-refractivity contribution in [2.45, 2.75) is 262 Å². The minimum absolute atomic E-state index is 0.108. The molecule has 1 aliphatic rings. The zero-order valence-electron chi connectivity index (χ0n) is 45.3. The van der Waals surface area contributed by atoms with Crippen LogP contribution in [-0.4, -0.2) is 99.6 Å². The zero-order chi connectivity index (χ0) is 52.5. The number of rotatable bonds is 46. The van der Waals surface area contributed by atoms with Gasteiger partial charge in [0.1, 0.15) is 24.4 Å². The first-order chi connectivity index (χ1) is 35.2. The third-order valence-corrected chi connectivity index (χ3v) is 12.9. The highest BCUT2D eigenvalue weighted by atomic mass is 16.7. The highest BCUT2D eigenvalue weighted by Gasteiger charge is 2.47. The van der Waals surface area contributed by atoms with Gasteiger partial charge in [-0.3, -0.25) is 9.59 Å². The van der Waals surface area contributed by atoms with Gasteiger partial charge in [-0.2, -0.15) is 0 Å². The molecule has 1 fully saturated rings. The van der Waals surface area contributed by atoms with E-state index in [2.05, 4.69) is 44.3 Å². The summed E-state index contributed by atoms with van der Waals surface area (Å²) in [6.45, 7) is 5.57. The summed E-state index contributed by atoms with van der Waals surface area (Å²) in [6, 6.07) is -1.05. The van der Waals surface area contributed by atoms with E-state index in [0.717, 1.165) is 77.0 Å². The van der Waals surface area contributed by atoms with Crippen LogP contribution in [0.15, 0.2) is 97.2 Å². The Kier molecular flexibility index (Phi) is 44.9. The summed E-state index contributed by atoms with van der Waals surface area (Å²) in [5.74, 6) is -1.25. The maximum atomic E-state index is 13.4. The minimum atomic E-state index is -1.63. The van der Waals surface area contributed by atoms with Crippen molar-refractivity contribution in [3.8, 4) is 0 Å². The molecule has 6 N–H and O–H groups in total. The monoisotopic (exact) mass is 1010 g/mol. The molecule has 0 aromatic heterocycles. The summed E-state index contributed by atoms with van der Waals surface area (Å²) in [5, 5.41) is 56.7. The van der Waals surface area contributed by atoms with E-state index in [1.807, 2.05) is 72.9 Å². The number of esters is 1. The Morgan fingerprint density at radius 1 is 0.556 bits per heavy atom. The van der Waals surface area contributed by atoms with E-state index in [0.29, 0.717) is 12.8 Å². The molecule has 0 aromatic carbocycles. The van der Waals surface area contributed by atoms with Gasteiger partial charge in [-0.15, -0.1) is 0 Å². The maximum Gasteiger partial charge on any atom is 0.306 e. The number of hydrogen-bond donors (Lipinski definition) is 6. The third-order valence-electron chi connectivity index (χ3n) is 12.9. The Morgan fingerprint density at radius 3 is 1.56 bits per heavy atom. The Balaban J connectivity index is 2.79. The fraction of sp³-hybridized carbons (Fsp3) is 0.705. The fourth-order valence-electron chi connectivity index (χ4n) is 8.32. The largest absolute Gasteiger partial charge is 0.454 e. The highest BCUT2D eigenvalue weighted by Crippen LogP contribution is 2.26. The topological polar surface area (TPSA) is 175 Å². The molecule has 0 saturated carbocycles. The molecule has 1 amide bonds. The molecule has 0 aliphatic carbocycles. The number of aliphatic hydroxyl groups is 5. The molecule has 0 bridgehead atoms. The van der Waals surface area contributed by atoms with Gasteiger partial charge < -0.3 is 45.1 Å². The molecule has 8 atom stereocenters. The molecule has 11 nitrogen and oxygen atoms in total. The molecule has 1 heterocycles. The van der Waals surface area contributed by atoms with Crippen molar-refractivity contribution >= 4 is 11.9 Å². The Hall–Kier alpha value is -3.42. The lowest BCUT2D eigenvalue weighted by Gasteiger charge is -2.41. The van der Waals surface area contributed by atoms with Crippen LogP contribution in [0.4, 0.5) is 0 Å². The van der Waals surface area contributed by atoms with Gasteiger partial charge in [0.15, 0.2) is 12.4 Å². The second kappa shape index (κ2) is 48.5. The van der Waals surface area contributed by atoms with Crippen molar-refractivity contribution in [2.24, 2.45) is 0 Å². The Bertz CT molecular complexity index is 1530. The summed E-state index contributed by atoms with van der Waals surface area (Å²) >= 11 is 0. The Morgan fingerprint density at radius 2 is 1.01 bits per heavy atom. The van der Waals surface area contributed by atoms with Crippen LogP contribution in [0.3, 0.4) is 0 Å². The van der Waals surface area contributed by atoms with Crippen molar-refractivity contribution in [3.63, 3.8) is 0 Å². The zero-order valence-corrected chi connectivity index (χ0v) is 45.3. The van der Waals surface area contributed by atoms with E-state index in [1.54, 1.807) is 6.08 Å². The quantitative estimate of drug-likeness (QED) is 0.0149. The van der Waals surface area contributed by atoms with Crippen LogP contribution in [0.5, 0.6) is 0 Å². The average molecular weight is 1010 g/mol. The van der Waals surface area contributed by atoms with E-state index in [4.69, 9.17) is 14.2 Å². The summed E-state index contributed by atoms with van der Waals surface area (Å²) in [7, 11) is 0. The maximum absolute atomic E-state index is 13.4. The molecule has 1 rings (SSSR count). The van der Waals surface area contributed by atoms with Crippen LogP contribution in [0.25, 0.3) is 0 Å². The smallest absolute Gasteiger partial charge is 0.306 e. The van der Waals surface area contributed by atoms with Gasteiger partial charge in [0, 0.05) is 6.42 Å². The molecule has 8 unspecified atom stereocenters. The molecule has 0 spiro atoms. The minimum Gasteiger partial charge on any atom is -0.454 e. The van der Waals surface area contributed by atoms with Gasteiger partial charge in [-0.25, -0.2) is 0 Å². The van der Waals surface area contributed by atoms with E-state index in [-0.39, 0.29) is 19.4 Å². The van der Waals surface area contributed by atoms with Gasteiger partial charge in [0.05, 0.1) is 25.4 Å². The van der Waals surface area contributed by atoms with Crippen LogP contribution < -0.4 is 5.32 Å². The first-order valence-corrected chi connectivity index (χ1v) is 28.6. The van der Waals surface area contributed by atoms with E-state index in [9.17, 15) is 35.1 Å². The van der Waals surface area contributed by atoms with Gasteiger partial charge >= 0.3 is 5.97 Å². The van der Waals surface area contributed by atoms with Gasteiger partial charge in [0.25, 0.3) is 0 Å². The first-order valence-electron chi connectivity index (χ1n) is 28.6. The summed E-state index contributed by atoms with van der Waals surface area (Å²) in [5.41, 5.74) is 0. The second-order valence-electron chi connectivity index (χ2n) is 19.4. The van der Waals surface area contributed by atoms with Crippen molar-refractivity contribution in [3.05, 3.63) is 97.2 Å². The molecule has 1 saturated heterocycles. The SMILES string of the molecule is CC\C=C/C=C/C=C/C=C\C=C\C=C\CCCCC(O)C(=O)NC(COC1OC(CO)C(O)C(O)C1OC(=O)CCCCCCCCC/C=C\CCCCCC)C(O)/C=C/CCCCCCCCCCCC. The van der Waals surface area contributed by atoms with E-state index >= 15 is 0 Å². The van der Waals surface area contributed by atoms with E-state index in [1.165, 1.54) is 89.9 Å². The van der Waals surface area contributed by atoms with Crippen molar-refractivity contribution in [2.75, 3.05) is 13.2 Å². The number of allylic oxidation sites excluding steroid dienone is 15. The van der Waals surface area contributed by atoms with Crippen molar-refractivity contribution in [1.82, 2.24) is 5.32 Å². The van der Waals surface area contributed by atoms with Gasteiger partial charge in [0.2, 0.25) is 5.91 Å². The lowest BCUT2D eigenvalue weighted by atomic mass is 9.99. The molecule has 1 aliphatic heterocycles. The van der Waals surface area contributed by atoms with E-state index < -0.39 is 67.4 Å². The molecule has 412 valence electrons. The predicted octanol–water partition coefficient (Wildman–Crippen LogP) is 12.8.